The predicted octanol–water partition coefficient (Wildman–Crippen LogP) is 2.33. The van der Waals surface area contributed by atoms with E-state index < -0.39 is 18.7 Å². The van der Waals surface area contributed by atoms with Crippen molar-refractivity contribution in [3.63, 3.8) is 0 Å². The number of carbonyl (C=O) groups is 1. The lowest BCUT2D eigenvalue weighted by atomic mass is 10.1. The van der Waals surface area contributed by atoms with Crippen LogP contribution in [0.2, 0.25) is 0 Å². The van der Waals surface area contributed by atoms with Crippen molar-refractivity contribution in [1.29, 1.82) is 0 Å². The minimum Gasteiger partial charge on any atom is -0.360 e. The number of halogens is 3. The average Bonchev–Trinajstić information content (AvgIpc) is 2.58. The monoisotopic (exact) mass is 266 g/mol. The van der Waals surface area contributed by atoms with Crippen LogP contribution in [0.5, 0.6) is 0 Å². The van der Waals surface area contributed by atoms with Crippen molar-refractivity contribution >= 4 is 5.91 Å². The van der Waals surface area contributed by atoms with Crippen molar-refractivity contribution in [3.8, 4) is 0 Å². The van der Waals surface area contributed by atoms with E-state index in [1.807, 2.05) is 0 Å². The van der Waals surface area contributed by atoms with Crippen LogP contribution >= 0.6 is 0 Å². The molecule has 0 atom stereocenters. The van der Waals surface area contributed by atoms with Crippen LogP contribution in [0.4, 0.5) is 13.2 Å². The number of amides is 1. The molecule has 1 rings (SSSR count). The largest absolute Gasteiger partial charge is 0.414 e. The van der Waals surface area contributed by atoms with Gasteiger partial charge in [0.2, 0.25) is 0 Å². The molecule has 1 heterocycles. The van der Waals surface area contributed by atoms with Gasteiger partial charge in [0.25, 0.3) is 5.91 Å². The summed E-state index contributed by atoms with van der Waals surface area (Å²) in [5.74, 6) is -0.614. The summed E-state index contributed by atoms with van der Waals surface area (Å²) >= 11 is 0. The van der Waals surface area contributed by atoms with Crippen LogP contribution in [0.15, 0.2) is 4.52 Å². The van der Waals surface area contributed by atoms with Crippen molar-refractivity contribution in [1.82, 2.24) is 10.6 Å². The molecular weight excluding hydrogens is 253 g/mol. The highest BCUT2D eigenvalue weighted by molar-refractivity contribution is 5.95. The molecule has 0 aliphatic heterocycles. The second-order valence-electron chi connectivity index (χ2n) is 4.00. The highest BCUT2D eigenvalue weighted by atomic mass is 19.4. The first-order valence-electron chi connectivity index (χ1n) is 5.17. The Bertz CT molecular complexity index is 426. The first-order chi connectivity index (χ1) is 8.22. The highest BCUT2D eigenvalue weighted by Crippen LogP contribution is 2.22. The zero-order chi connectivity index (χ0) is 13.9. The normalized spacial score (nSPS) is 11.9. The number of hydroxylamine groups is 1. The lowest BCUT2D eigenvalue weighted by molar-refractivity contribution is -0.184. The molecule has 1 N–H and O–H groups in total. The van der Waals surface area contributed by atoms with Gasteiger partial charge in [-0.15, -0.1) is 0 Å². The van der Waals surface area contributed by atoms with Crippen molar-refractivity contribution < 1.29 is 27.3 Å². The minimum absolute atomic E-state index is 0.104. The van der Waals surface area contributed by atoms with Gasteiger partial charge < -0.3 is 4.52 Å². The van der Waals surface area contributed by atoms with Gasteiger partial charge in [-0.3, -0.25) is 9.63 Å². The molecule has 18 heavy (non-hydrogen) atoms. The molecule has 0 spiro atoms. The van der Waals surface area contributed by atoms with Gasteiger partial charge in [0, 0.05) is 5.92 Å². The second kappa shape index (κ2) is 5.38. The van der Waals surface area contributed by atoms with Crippen LogP contribution in [0, 0.1) is 6.92 Å². The zero-order valence-electron chi connectivity index (χ0n) is 10.1. The molecule has 0 unspecified atom stereocenters. The maximum Gasteiger partial charge on any atom is 0.414 e. The number of carbonyl (C=O) groups excluding carboxylic acids is 1. The Kier molecular flexibility index (Phi) is 4.33. The van der Waals surface area contributed by atoms with E-state index in [4.69, 9.17) is 4.52 Å². The molecule has 1 aromatic heterocycles. The topological polar surface area (TPSA) is 64.4 Å². The molecule has 0 saturated heterocycles. The minimum atomic E-state index is -4.50. The van der Waals surface area contributed by atoms with Crippen LogP contribution in [0.1, 0.15) is 41.6 Å². The summed E-state index contributed by atoms with van der Waals surface area (Å²) in [7, 11) is 0. The molecule has 0 aromatic carbocycles. The molecule has 0 fully saturated rings. The van der Waals surface area contributed by atoms with Gasteiger partial charge in [-0.25, -0.2) is 5.48 Å². The standard InChI is InChI=1S/C10H13F3N2O3/c1-5(2)8-7(6(3)14-18-8)9(16)15-17-4-10(11,12)13/h5H,4H2,1-3H3,(H,15,16). The van der Waals surface area contributed by atoms with Gasteiger partial charge >= 0.3 is 6.18 Å². The van der Waals surface area contributed by atoms with Crippen molar-refractivity contribution in [3.05, 3.63) is 17.0 Å². The second-order valence-corrected chi connectivity index (χ2v) is 4.00. The molecule has 102 valence electrons. The number of aryl methyl sites for hydroxylation is 1. The van der Waals surface area contributed by atoms with Crippen LogP contribution < -0.4 is 5.48 Å². The maximum absolute atomic E-state index is 11.8. The zero-order valence-corrected chi connectivity index (χ0v) is 10.1. The van der Waals surface area contributed by atoms with Gasteiger partial charge in [-0.05, 0) is 6.92 Å². The summed E-state index contributed by atoms with van der Waals surface area (Å²) in [6, 6.07) is 0. The fraction of sp³-hybridized carbons (Fsp3) is 0.600. The molecule has 1 aromatic rings. The number of nitrogens with zero attached hydrogens (tertiary/aromatic N) is 1. The number of hydrogen-bond acceptors (Lipinski definition) is 4. The summed E-state index contributed by atoms with van der Waals surface area (Å²) in [5, 5.41) is 3.60. The van der Waals surface area contributed by atoms with Gasteiger partial charge in [0.1, 0.15) is 5.56 Å². The molecule has 0 radical (unpaired) electrons. The van der Waals surface area contributed by atoms with E-state index in [-0.39, 0.29) is 11.5 Å². The Hall–Kier alpha value is -1.57. The Morgan fingerprint density at radius 3 is 2.61 bits per heavy atom. The number of hydrogen-bond donors (Lipinski definition) is 1. The summed E-state index contributed by atoms with van der Waals surface area (Å²) < 4.78 is 40.4. The lowest BCUT2D eigenvalue weighted by Gasteiger charge is -2.09. The van der Waals surface area contributed by atoms with Crippen LogP contribution in [-0.2, 0) is 4.84 Å². The Labute approximate surface area is 101 Å². The van der Waals surface area contributed by atoms with E-state index in [0.29, 0.717) is 11.5 Å². The Morgan fingerprint density at radius 2 is 2.11 bits per heavy atom. The first kappa shape index (κ1) is 14.5. The van der Waals surface area contributed by atoms with Crippen LogP contribution in [0.3, 0.4) is 0 Å². The van der Waals surface area contributed by atoms with Crippen LogP contribution in [-0.4, -0.2) is 23.8 Å². The quantitative estimate of drug-likeness (QED) is 0.849. The molecule has 0 bridgehead atoms. The molecule has 5 nitrogen and oxygen atoms in total. The van der Waals surface area contributed by atoms with Crippen molar-refractivity contribution in [2.75, 3.05) is 6.61 Å². The SMILES string of the molecule is Cc1noc(C(C)C)c1C(=O)NOCC(F)(F)F. The maximum atomic E-state index is 11.8. The smallest absolute Gasteiger partial charge is 0.360 e. The Morgan fingerprint density at radius 1 is 1.50 bits per heavy atom. The number of nitrogens with one attached hydrogen (secondary N) is 1. The van der Waals surface area contributed by atoms with E-state index in [1.54, 1.807) is 19.3 Å². The predicted molar refractivity (Wildman–Crippen MR) is 54.8 cm³/mol. The summed E-state index contributed by atoms with van der Waals surface area (Å²) in [5.41, 5.74) is 2.12. The fourth-order valence-electron chi connectivity index (χ4n) is 1.29. The van der Waals surface area contributed by atoms with Gasteiger partial charge in [-0.1, -0.05) is 19.0 Å². The number of aromatic nitrogens is 1. The molecule has 0 aliphatic rings. The molecule has 8 heteroatoms. The van der Waals surface area contributed by atoms with E-state index in [1.165, 1.54) is 6.92 Å². The number of alkyl halides is 3. The molecular formula is C10H13F3N2O3. The third kappa shape index (κ3) is 3.73. The van der Waals surface area contributed by atoms with Crippen molar-refractivity contribution in [2.45, 2.75) is 32.9 Å². The van der Waals surface area contributed by atoms with Gasteiger partial charge in [0.15, 0.2) is 12.4 Å². The van der Waals surface area contributed by atoms with Gasteiger partial charge in [0.05, 0.1) is 5.69 Å². The van der Waals surface area contributed by atoms with E-state index in [0.717, 1.165) is 0 Å². The summed E-state index contributed by atoms with van der Waals surface area (Å²) in [6.45, 7) is 3.51. The molecule has 0 aliphatic carbocycles. The average molecular weight is 266 g/mol. The summed E-state index contributed by atoms with van der Waals surface area (Å²) in [6.07, 6.45) is -4.50. The lowest BCUT2D eigenvalue weighted by Crippen LogP contribution is -2.30. The third-order valence-corrected chi connectivity index (χ3v) is 2.04. The fourth-order valence-corrected chi connectivity index (χ4v) is 1.29. The van der Waals surface area contributed by atoms with Crippen molar-refractivity contribution in [2.24, 2.45) is 0 Å². The summed E-state index contributed by atoms with van der Waals surface area (Å²) in [4.78, 5) is 15.7. The first-order valence-corrected chi connectivity index (χ1v) is 5.17. The van der Waals surface area contributed by atoms with E-state index in [2.05, 4.69) is 9.99 Å². The van der Waals surface area contributed by atoms with Crippen LogP contribution in [0.25, 0.3) is 0 Å². The highest BCUT2D eigenvalue weighted by Gasteiger charge is 2.29. The number of rotatable bonds is 4. The Balaban J connectivity index is 2.70. The molecule has 0 saturated carbocycles. The van der Waals surface area contributed by atoms with E-state index in [9.17, 15) is 18.0 Å². The van der Waals surface area contributed by atoms with Gasteiger partial charge in [-0.2, -0.15) is 13.2 Å². The molecule has 1 amide bonds. The third-order valence-electron chi connectivity index (χ3n) is 2.04. The van der Waals surface area contributed by atoms with E-state index >= 15 is 0 Å².